The fourth-order valence-electron chi connectivity index (χ4n) is 2.01. The molecule has 1 heterocycles. The van der Waals surface area contributed by atoms with Gasteiger partial charge in [-0.05, 0) is 37.3 Å². The second kappa shape index (κ2) is 4.11. The molecule has 3 rings (SSSR count). The van der Waals surface area contributed by atoms with Crippen LogP contribution in [0.4, 0.5) is 0 Å². The molecular weight excluding hydrogens is 224 g/mol. The molecule has 3 aromatic rings. The van der Waals surface area contributed by atoms with E-state index in [2.05, 4.69) is 5.10 Å². The molecule has 0 saturated heterocycles. The van der Waals surface area contributed by atoms with Crippen LogP contribution in [0.5, 0.6) is 0 Å². The SMILES string of the molecule is CC(=O)c1ccc(-n2ncc3ccccc32)cc1. The van der Waals surface area contributed by atoms with Gasteiger partial charge in [0.05, 0.1) is 17.4 Å². The highest BCUT2D eigenvalue weighted by molar-refractivity contribution is 5.94. The van der Waals surface area contributed by atoms with Gasteiger partial charge in [0.2, 0.25) is 0 Å². The van der Waals surface area contributed by atoms with Gasteiger partial charge in [0.15, 0.2) is 5.78 Å². The first-order chi connectivity index (χ1) is 8.75. The standard InChI is InChI=1S/C15H12N2O/c1-11(18)12-6-8-14(9-7-12)17-15-5-3-2-4-13(15)10-16-17/h2-10H,1H3. The predicted molar refractivity (Wildman–Crippen MR) is 71.1 cm³/mol. The van der Waals surface area contributed by atoms with Crippen molar-refractivity contribution in [2.45, 2.75) is 6.92 Å². The van der Waals surface area contributed by atoms with E-state index in [9.17, 15) is 4.79 Å². The Bertz CT molecular complexity index is 711. The van der Waals surface area contributed by atoms with Crippen molar-refractivity contribution in [2.24, 2.45) is 0 Å². The molecule has 0 bridgehead atoms. The molecule has 0 saturated carbocycles. The van der Waals surface area contributed by atoms with E-state index in [-0.39, 0.29) is 5.78 Å². The van der Waals surface area contributed by atoms with E-state index in [4.69, 9.17) is 0 Å². The number of hydrogen-bond donors (Lipinski definition) is 0. The monoisotopic (exact) mass is 236 g/mol. The zero-order valence-corrected chi connectivity index (χ0v) is 10.00. The molecule has 2 aromatic carbocycles. The highest BCUT2D eigenvalue weighted by Gasteiger charge is 2.04. The fourth-order valence-corrected chi connectivity index (χ4v) is 2.01. The van der Waals surface area contributed by atoms with Gasteiger partial charge >= 0.3 is 0 Å². The highest BCUT2D eigenvalue weighted by atomic mass is 16.1. The van der Waals surface area contributed by atoms with Crippen molar-refractivity contribution < 1.29 is 4.79 Å². The molecule has 0 fully saturated rings. The maximum atomic E-state index is 11.2. The van der Waals surface area contributed by atoms with E-state index < -0.39 is 0 Å². The third kappa shape index (κ3) is 1.70. The lowest BCUT2D eigenvalue weighted by Gasteiger charge is -2.04. The Balaban J connectivity index is 2.12. The second-order valence-electron chi connectivity index (χ2n) is 4.22. The van der Waals surface area contributed by atoms with Crippen LogP contribution in [0.3, 0.4) is 0 Å². The van der Waals surface area contributed by atoms with Crippen molar-refractivity contribution in [3.63, 3.8) is 0 Å². The summed E-state index contributed by atoms with van der Waals surface area (Å²) in [5.41, 5.74) is 2.74. The van der Waals surface area contributed by atoms with Gasteiger partial charge in [0, 0.05) is 10.9 Å². The molecule has 0 N–H and O–H groups in total. The van der Waals surface area contributed by atoms with Crippen LogP contribution in [0.15, 0.2) is 54.7 Å². The molecule has 0 aliphatic heterocycles. The van der Waals surface area contributed by atoms with E-state index in [1.807, 2.05) is 59.4 Å². The Kier molecular flexibility index (Phi) is 2.45. The summed E-state index contributed by atoms with van der Waals surface area (Å²) >= 11 is 0. The lowest BCUT2D eigenvalue weighted by atomic mass is 10.1. The van der Waals surface area contributed by atoms with Gasteiger partial charge in [0.1, 0.15) is 0 Å². The van der Waals surface area contributed by atoms with Crippen LogP contribution in [0, 0.1) is 0 Å². The number of rotatable bonds is 2. The Morgan fingerprint density at radius 2 is 1.78 bits per heavy atom. The minimum Gasteiger partial charge on any atom is -0.295 e. The molecule has 0 atom stereocenters. The number of benzene rings is 2. The molecule has 3 heteroatoms. The number of ketones is 1. The van der Waals surface area contributed by atoms with E-state index in [1.165, 1.54) is 0 Å². The van der Waals surface area contributed by atoms with Crippen LogP contribution in [0.1, 0.15) is 17.3 Å². The Morgan fingerprint density at radius 3 is 2.50 bits per heavy atom. The number of aromatic nitrogens is 2. The van der Waals surface area contributed by atoms with E-state index in [0.29, 0.717) is 0 Å². The lowest BCUT2D eigenvalue weighted by molar-refractivity contribution is 0.101. The number of Topliss-reactive ketones (excluding diaryl/α,β-unsaturated/α-hetero) is 1. The molecule has 0 aliphatic rings. The molecular formula is C15H12N2O. The normalized spacial score (nSPS) is 10.7. The van der Waals surface area contributed by atoms with Crippen molar-refractivity contribution in [1.82, 2.24) is 9.78 Å². The number of nitrogens with zero attached hydrogens (tertiary/aromatic N) is 2. The Labute approximate surface area is 105 Å². The molecule has 18 heavy (non-hydrogen) atoms. The maximum Gasteiger partial charge on any atom is 0.159 e. The van der Waals surface area contributed by atoms with Crippen molar-refractivity contribution in [2.75, 3.05) is 0 Å². The summed E-state index contributed by atoms with van der Waals surface area (Å²) in [5, 5.41) is 5.48. The summed E-state index contributed by atoms with van der Waals surface area (Å²) in [4.78, 5) is 11.2. The number of carbonyl (C=O) groups excluding carboxylic acids is 1. The predicted octanol–water partition coefficient (Wildman–Crippen LogP) is 3.23. The minimum atomic E-state index is 0.0758. The molecule has 0 aliphatic carbocycles. The average Bonchev–Trinajstić information content (AvgIpc) is 2.82. The first-order valence-electron chi connectivity index (χ1n) is 5.80. The Morgan fingerprint density at radius 1 is 1.06 bits per heavy atom. The van der Waals surface area contributed by atoms with Gasteiger partial charge in [-0.2, -0.15) is 5.10 Å². The maximum absolute atomic E-state index is 11.2. The van der Waals surface area contributed by atoms with Gasteiger partial charge in [-0.3, -0.25) is 4.79 Å². The van der Waals surface area contributed by atoms with Crippen molar-refractivity contribution in [3.8, 4) is 5.69 Å². The van der Waals surface area contributed by atoms with Crippen LogP contribution in [-0.2, 0) is 0 Å². The highest BCUT2D eigenvalue weighted by Crippen LogP contribution is 2.18. The average molecular weight is 236 g/mol. The summed E-state index contributed by atoms with van der Waals surface area (Å²) in [7, 11) is 0. The number of hydrogen-bond acceptors (Lipinski definition) is 2. The van der Waals surface area contributed by atoms with Crippen LogP contribution in [0.2, 0.25) is 0 Å². The van der Waals surface area contributed by atoms with E-state index >= 15 is 0 Å². The molecule has 0 unspecified atom stereocenters. The van der Waals surface area contributed by atoms with Crippen molar-refractivity contribution >= 4 is 16.7 Å². The molecule has 0 amide bonds. The fraction of sp³-hybridized carbons (Fsp3) is 0.0667. The van der Waals surface area contributed by atoms with E-state index in [0.717, 1.165) is 22.2 Å². The lowest BCUT2D eigenvalue weighted by Crippen LogP contribution is -1.97. The Hall–Kier alpha value is -2.42. The summed E-state index contributed by atoms with van der Waals surface area (Å²) in [5.74, 6) is 0.0758. The summed E-state index contributed by atoms with van der Waals surface area (Å²) < 4.78 is 1.87. The van der Waals surface area contributed by atoms with Gasteiger partial charge in [-0.25, -0.2) is 4.68 Å². The third-order valence-electron chi connectivity index (χ3n) is 3.00. The van der Waals surface area contributed by atoms with Gasteiger partial charge in [-0.15, -0.1) is 0 Å². The van der Waals surface area contributed by atoms with Crippen molar-refractivity contribution in [1.29, 1.82) is 0 Å². The second-order valence-corrected chi connectivity index (χ2v) is 4.22. The van der Waals surface area contributed by atoms with Crippen LogP contribution >= 0.6 is 0 Å². The third-order valence-corrected chi connectivity index (χ3v) is 3.00. The smallest absolute Gasteiger partial charge is 0.159 e. The zero-order chi connectivity index (χ0) is 12.5. The summed E-state index contributed by atoms with van der Waals surface area (Å²) in [6, 6.07) is 15.5. The summed E-state index contributed by atoms with van der Waals surface area (Å²) in [6.45, 7) is 1.57. The van der Waals surface area contributed by atoms with Gasteiger partial charge < -0.3 is 0 Å². The van der Waals surface area contributed by atoms with Crippen molar-refractivity contribution in [3.05, 3.63) is 60.3 Å². The first-order valence-corrected chi connectivity index (χ1v) is 5.80. The topological polar surface area (TPSA) is 34.9 Å². The molecule has 0 radical (unpaired) electrons. The summed E-state index contributed by atoms with van der Waals surface area (Å²) in [6.07, 6.45) is 1.84. The minimum absolute atomic E-state index is 0.0758. The number of carbonyl (C=O) groups is 1. The van der Waals surface area contributed by atoms with Crippen LogP contribution < -0.4 is 0 Å². The van der Waals surface area contributed by atoms with E-state index in [1.54, 1.807) is 6.92 Å². The quantitative estimate of drug-likeness (QED) is 0.640. The molecule has 88 valence electrons. The molecule has 1 aromatic heterocycles. The van der Waals surface area contributed by atoms with Gasteiger partial charge in [0.25, 0.3) is 0 Å². The number of fused-ring (bicyclic) bond motifs is 1. The molecule has 0 spiro atoms. The first kappa shape index (κ1) is 10.7. The largest absolute Gasteiger partial charge is 0.295 e. The zero-order valence-electron chi connectivity index (χ0n) is 10.00. The van der Waals surface area contributed by atoms with Crippen LogP contribution in [-0.4, -0.2) is 15.6 Å². The van der Waals surface area contributed by atoms with Crippen LogP contribution in [0.25, 0.3) is 16.6 Å². The number of para-hydroxylation sites is 1. The van der Waals surface area contributed by atoms with Gasteiger partial charge in [-0.1, -0.05) is 18.2 Å². The molecule has 3 nitrogen and oxygen atoms in total.